The molecule has 0 saturated heterocycles. The van der Waals surface area contributed by atoms with Crippen molar-refractivity contribution in [1.29, 1.82) is 0 Å². The van der Waals surface area contributed by atoms with Crippen molar-refractivity contribution in [3.05, 3.63) is 29.8 Å². The second kappa shape index (κ2) is 15.1. The van der Waals surface area contributed by atoms with Gasteiger partial charge in [0.05, 0.1) is 12.5 Å². The van der Waals surface area contributed by atoms with Crippen LogP contribution in [0, 0.1) is 0 Å². The van der Waals surface area contributed by atoms with Crippen LogP contribution in [0.25, 0.3) is 0 Å². The molecule has 0 radical (unpaired) electrons. The molecule has 0 aliphatic carbocycles. The fourth-order valence-corrected chi connectivity index (χ4v) is 3.53. The second-order valence-corrected chi connectivity index (χ2v) is 8.98. The molecule has 0 bridgehead atoms. The van der Waals surface area contributed by atoms with Gasteiger partial charge < -0.3 is 37.6 Å². The lowest BCUT2D eigenvalue weighted by molar-refractivity contribution is -0.142. The fourth-order valence-electron chi connectivity index (χ4n) is 2.89. The summed E-state index contributed by atoms with van der Waals surface area (Å²) >= 11 is 5.31. The molecule has 9 N–H and O–H groups in total. The van der Waals surface area contributed by atoms with Crippen LogP contribution in [0.3, 0.4) is 0 Å². The van der Waals surface area contributed by atoms with Crippen molar-refractivity contribution in [3.63, 3.8) is 0 Å². The van der Waals surface area contributed by atoms with Crippen LogP contribution >= 0.6 is 24.4 Å². The Morgan fingerprint density at radius 1 is 0.971 bits per heavy atom. The van der Waals surface area contributed by atoms with E-state index in [1.165, 1.54) is 36.0 Å². The minimum absolute atomic E-state index is 0.00684. The highest BCUT2D eigenvalue weighted by Gasteiger charge is 2.31. The smallest absolute Gasteiger partial charge is 0.326 e. The molecule has 1 rings (SSSR count). The van der Waals surface area contributed by atoms with E-state index >= 15 is 0 Å². The van der Waals surface area contributed by atoms with Gasteiger partial charge in [0, 0.05) is 12.2 Å². The van der Waals surface area contributed by atoms with Crippen molar-refractivity contribution in [1.82, 2.24) is 16.0 Å². The molecule has 0 aromatic heterocycles. The molecule has 1 aromatic rings. The lowest BCUT2D eigenvalue weighted by atomic mass is 10.0. The number of aliphatic carboxylic acids is 1. The number of benzene rings is 1. The minimum atomic E-state index is -1.39. The lowest BCUT2D eigenvalue weighted by Gasteiger charge is -2.24. The van der Waals surface area contributed by atoms with Gasteiger partial charge in [-0.2, -0.15) is 24.4 Å². The summed E-state index contributed by atoms with van der Waals surface area (Å²) in [6.45, 7) is 0. The number of nitrogens with one attached hydrogen (secondary N) is 3. The average Bonchev–Trinajstić information content (AvgIpc) is 2.80. The number of primary amides is 1. The predicted octanol–water partition coefficient (Wildman–Crippen LogP) is -1.64. The van der Waals surface area contributed by atoms with Crippen LogP contribution in [-0.4, -0.2) is 81.7 Å². The third kappa shape index (κ3) is 10.9. The SMILES string of the molecule is CSCCC(NC(=O)C(CC(N)=O)NC(=O)C(N)CS)C(=O)NC(Cc1ccc(O)cc1)C(=O)O. The first-order valence-corrected chi connectivity index (χ1v) is 12.6. The molecule has 0 heterocycles. The number of thiol groups is 1. The van der Waals surface area contributed by atoms with Gasteiger partial charge >= 0.3 is 5.97 Å². The summed E-state index contributed by atoms with van der Waals surface area (Å²) in [6, 6.07) is 0.955. The largest absolute Gasteiger partial charge is 0.508 e. The van der Waals surface area contributed by atoms with Gasteiger partial charge in [-0.15, -0.1) is 0 Å². The zero-order chi connectivity index (χ0) is 26.5. The zero-order valence-electron chi connectivity index (χ0n) is 19.1. The minimum Gasteiger partial charge on any atom is -0.508 e. The lowest BCUT2D eigenvalue weighted by Crippen LogP contribution is -2.58. The van der Waals surface area contributed by atoms with Crippen LogP contribution in [-0.2, 0) is 30.4 Å². The maximum atomic E-state index is 12.9. The van der Waals surface area contributed by atoms with Gasteiger partial charge in [-0.3, -0.25) is 19.2 Å². The molecule has 194 valence electrons. The predicted molar refractivity (Wildman–Crippen MR) is 134 cm³/mol. The summed E-state index contributed by atoms with van der Waals surface area (Å²) < 4.78 is 0. The summed E-state index contributed by atoms with van der Waals surface area (Å²) in [7, 11) is 0. The molecule has 12 nitrogen and oxygen atoms in total. The Kier molecular flexibility index (Phi) is 13.0. The first-order chi connectivity index (χ1) is 16.5. The number of thioether (sulfide) groups is 1. The van der Waals surface area contributed by atoms with Crippen molar-refractivity contribution in [2.75, 3.05) is 17.8 Å². The maximum Gasteiger partial charge on any atom is 0.326 e. The van der Waals surface area contributed by atoms with E-state index in [1.807, 2.05) is 0 Å². The standard InChI is InChI=1S/C21H31N5O7S2/c1-35-7-6-14(24-20(31)15(9-17(23)28)25-18(29)13(22)10-34)19(30)26-16(21(32)33)8-11-2-4-12(27)5-3-11/h2-5,13-16,27,34H,6-10,22H2,1H3,(H2,23,28)(H,24,31)(H,25,29)(H,26,30)(H,32,33). The zero-order valence-corrected chi connectivity index (χ0v) is 20.8. The van der Waals surface area contributed by atoms with Gasteiger partial charge in [0.15, 0.2) is 0 Å². The monoisotopic (exact) mass is 529 g/mol. The van der Waals surface area contributed by atoms with E-state index in [2.05, 4.69) is 28.6 Å². The number of rotatable bonds is 15. The van der Waals surface area contributed by atoms with Gasteiger partial charge in [-0.05, 0) is 36.1 Å². The Labute approximate surface area is 212 Å². The highest BCUT2D eigenvalue weighted by Crippen LogP contribution is 2.12. The van der Waals surface area contributed by atoms with Crippen LogP contribution < -0.4 is 27.4 Å². The molecule has 4 atom stereocenters. The number of hydrogen-bond acceptors (Lipinski definition) is 9. The van der Waals surface area contributed by atoms with E-state index in [-0.39, 0.29) is 24.3 Å². The number of carboxylic acid groups (broad SMARTS) is 1. The number of amides is 4. The summed E-state index contributed by atoms with van der Waals surface area (Å²) in [5.74, 6) is -4.04. The van der Waals surface area contributed by atoms with Crippen molar-refractivity contribution in [3.8, 4) is 5.75 Å². The Hall–Kier alpha value is -2.97. The van der Waals surface area contributed by atoms with Crippen molar-refractivity contribution < 1.29 is 34.2 Å². The number of hydrogen-bond donors (Lipinski definition) is 8. The summed E-state index contributed by atoms with van der Waals surface area (Å²) in [5.41, 5.74) is 11.3. The molecule has 0 aliphatic heterocycles. The summed E-state index contributed by atoms with van der Waals surface area (Å²) in [6.07, 6.45) is 1.34. The van der Waals surface area contributed by atoms with Crippen molar-refractivity contribution in [2.24, 2.45) is 11.5 Å². The first-order valence-electron chi connectivity index (χ1n) is 10.5. The van der Waals surface area contributed by atoms with Gasteiger partial charge in [0.25, 0.3) is 0 Å². The molecule has 0 spiro atoms. The van der Waals surface area contributed by atoms with Gasteiger partial charge in [-0.1, -0.05) is 12.1 Å². The molecule has 35 heavy (non-hydrogen) atoms. The van der Waals surface area contributed by atoms with Crippen LogP contribution in [0.4, 0.5) is 0 Å². The number of aromatic hydroxyl groups is 1. The van der Waals surface area contributed by atoms with E-state index in [4.69, 9.17) is 11.5 Å². The normalized spacial score (nSPS) is 14.1. The summed E-state index contributed by atoms with van der Waals surface area (Å²) in [5, 5.41) is 26.1. The van der Waals surface area contributed by atoms with Crippen molar-refractivity contribution in [2.45, 2.75) is 43.4 Å². The molecule has 0 aliphatic rings. The number of carboxylic acids is 1. The Balaban J connectivity index is 2.99. The number of nitrogens with two attached hydrogens (primary N) is 2. The van der Waals surface area contributed by atoms with Gasteiger partial charge in [0.2, 0.25) is 23.6 Å². The van der Waals surface area contributed by atoms with E-state index in [1.54, 1.807) is 6.26 Å². The molecule has 4 amide bonds. The highest BCUT2D eigenvalue weighted by atomic mass is 32.2. The van der Waals surface area contributed by atoms with E-state index < -0.39 is 60.2 Å². The first kappa shape index (κ1) is 30.1. The Morgan fingerprint density at radius 3 is 2.03 bits per heavy atom. The molecular weight excluding hydrogens is 498 g/mol. The topological polar surface area (TPSA) is 214 Å². The molecular formula is C21H31N5O7S2. The van der Waals surface area contributed by atoms with Crippen LogP contribution in [0.5, 0.6) is 5.75 Å². The van der Waals surface area contributed by atoms with E-state index in [0.717, 1.165) is 0 Å². The van der Waals surface area contributed by atoms with Crippen LogP contribution in [0.2, 0.25) is 0 Å². The summed E-state index contributed by atoms with van der Waals surface area (Å²) in [4.78, 5) is 61.0. The fraction of sp³-hybridized carbons (Fsp3) is 0.476. The highest BCUT2D eigenvalue weighted by molar-refractivity contribution is 7.98. The number of phenols is 1. The van der Waals surface area contributed by atoms with Gasteiger partial charge in [-0.25, -0.2) is 4.79 Å². The molecule has 0 saturated carbocycles. The molecule has 14 heteroatoms. The van der Waals surface area contributed by atoms with Gasteiger partial charge in [0.1, 0.15) is 23.9 Å². The third-order valence-electron chi connectivity index (χ3n) is 4.81. The molecule has 0 fully saturated rings. The number of carbonyl (C=O) groups is 5. The molecule has 1 aromatic carbocycles. The Morgan fingerprint density at radius 2 is 1.51 bits per heavy atom. The van der Waals surface area contributed by atoms with E-state index in [0.29, 0.717) is 11.3 Å². The second-order valence-electron chi connectivity index (χ2n) is 7.63. The maximum absolute atomic E-state index is 12.9. The van der Waals surface area contributed by atoms with Crippen LogP contribution in [0.15, 0.2) is 24.3 Å². The van der Waals surface area contributed by atoms with E-state index in [9.17, 15) is 34.2 Å². The van der Waals surface area contributed by atoms with Crippen LogP contribution in [0.1, 0.15) is 18.4 Å². The average molecular weight is 530 g/mol. The quantitative estimate of drug-likeness (QED) is 0.122. The number of phenolic OH excluding ortho intramolecular Hbond substituents is 1. The van der Waals surface area contributed by atoms with Crippen molar-refractivity contribution >= 4 is 54.0 Å². The third-order valence-corrected chi connectivity index (χ3v) is 5.84. The number of carbonyl (C=O) groups excluding carboxylic acids is 4. The Bertz CT molecular complexity index is 901. The molecule has 4 unspecified atom stereocenters.